The van der Waals surface area contributed by atoms with E-state index in [1.807, 2.05) is 0 Å². The SMILES string of the molecule is CC1CCC(C#N)(OCCO)C1. The minimum absolute atomic E-state index is 0.00217. The van der Waals surface area contributed by atoms with Gasteiger partial charge in [-0.2, -0.15) is 5.26 Å². The van der Waals surface area contributed by atoms with Gasteiger partial charge < -0.3 is 9.84 Å². The van der Waals surface area contributed by atoms with Crippen molar-refractivity contribution >= 4 is 0 Å². The van der Waals surface area contributed by atoms with Gasteiger partial charge >= 0.3 is 0 Å². The van der Waals surface area contributed by atoms with Crippen LogP contribution in [0.1, 0.15) is 26.2 Å². The lowest BCUT2D eigenvalue weighted by atomic mass is 10.0. The standard InChI is InChI=1S/C9H15NO2/c1-8-2-3-9(6-8,7-10)12-5-4-11/h8,11H,2-6H2,1H3. The number of hydrogen-bond donors (Lipinski definition) is 1. The van der Waals surface area contributed by atoms with Crippen LogP contribution < -0.4 is 0 Å². The molecule has 0 aromatic carbocycles. The Morgan fingerprint density at radius 1 is 1.75 bits per heavy atom. The zero-order valence-electron chi connectivity index (χ0n) is 7.42. The van der Waals surface area contributed by atoms with Crippen LogP contribution in [0, 0.1) is 17.2 Å². The van der Waals surface area contributed by atoms with E-state index in [2.05, 4.69) is 13.0 Å². The van der Waals surface area contributed by atoms with Gasteiger partial charge in [0, 0.05) is 0 Å². The Labute approximate surface area is 73.0 Å². The molecule has 1 N–H and O–H groups in total. The van der Waals surface area contributed by atoms with Crippen LogP contribution in [0.5, 0.6) is 0 Å². The van der Waals surface area contributed by atoms with Gasteiger partial charge in [0.1, 0.15) is 0 Å². The maximum Gasteiger partial charge on any atom is 0.154 e. The molecule has 0 aliphatic heterocycles. The first-order chi connectivity index (χ1) is 5.72. The third-order valence-electron chi connectivity index (χ3n) is 2.39. The molecule has 0 radical (unpaired) electrons. The van der Waals surface area contributed by atoms with Crippen molar-refractivity contribution < 1.29 is 9.84 Å². The van der Waals surface area contributed by atoms with Crippen LogP contribution in [0.3, 0.4) is 0 Å². The predicted molar refractivity (Wildman–Crippen MR) is 44.4 cm³/mol. The molecule has 0 spiro atoms. The summed E-state index contributed by atoms with van der Waals surface area (Å²) >= 11 is 0. The minimum Gasteiger partial charge on any atom is -0.394 e. The third-order valence-corrected chi connectivity index (χ3v) is 2.39. The lowest BCUT2D eigenvalue weighted by molar-refractivity contribution is -0.0167. The highest BCUT2D eigenvalue weighted by Crippen LogP contribution is 2.36. The summed E-state index contributed by atoms with van der Waals surface area (Å²) in [5.74, 6) is 0.573. The summed E-state index contributed by atoms with van der Waals surface area (Å²) in [7, 11) is 0. The summed E-state index contributed by atoms with van der Waals surface area (Å²) in [5, 5.41) is 17.5. The monoisotopic (exact) mass is 169 g/mol. The van der Waals surface area contributed by atoms with E-state index in [0.717, 1.165) is 19.3 Å². The quantitative estimate of drug-likeness (QED) is 0.687. The van der Waals surface area contributed by atoms with Crippen molar-refractivity contribution in [1.29, 1.82) is 5.26 Å². The van der Waals surface area contributed by atoms with Gasteiger partial charge in [-0.15, -0.1) is 0 Å². The topological polar surface area (TPSA) is 53.2 Å². The Bertz CT molecular complexity index is 187. The molecule has 1 rings (SSSR count). The van der Waals surface area contributed by atoms with Crippen molar-refractivity contribution in [2.24, 2.45) is 5.92 Å². The molecule has 3 heteroatoms. The molecule has 0 heterocycles. The van der Waals surface area contributed by atoms with Crippen molar-refractivity contribution in [3.05, 3.63) is 0 Å². The Hall–Kier alpha value is -0.590. The van der Waals surface area contributed by atoms with Gasteiger partial charge in [0.05, 0.1) is 19.3 Å². The average Bonchev–Trinajstić information content (AvgIpc) is 2.45. The van der Waals surface area contributed by atoms with E-state index in [1.54, 1.807) is 0 Å². The molecule has 12 heavy (non-hydrogen) atoms. The van der Waals surface area contributed by atoms with Crippen molar-refractivity contribution in [2.75, 3.05) is 13.2 Å². The average molecular weight is 169 g/mol. The van der Waals surface area contributed by atoms with Crippen molar-refractivity contribution in [3.8, 4) is 6.07 Å². The first-order valence-corrected chi connectivity index (χ1v) is 4.38. The molecule has 1 aliphatic rings. The molecule has 1 fully saturated rings. The fourth-order valence-corrected chi connectivity index (χ4v) is 1.75. The van der Waals surface area contributed by atoms with Gasteiger partial charge in [-0.05, 0) is 25.2 Å². The lowest BCUT2D eigenvalue weighted by Gasteiger charge is -2.20. The molecule has 0 bridgehead atoms. The van der Waals surface area contributed by atoms with Crippen molar-refractivity contribution in [1.82, 2.24) is 0 Å². The summed E-state index contributed by atoms with van der Waals surface area (Å²) in [6.45, 7) is 2.40. The van der Waals surface area contributed by atoms with E-state index >= 15 is 0 Å². The van der Waals surface area contributed by atoms with Crippen LogP contribution >= 0.6 is 0 Å². The highest BCUT2D eigenvalue weighted by atomic mass is 16.5. The molecule has 0 saturated heterocycles. The van der Waals surface area contributed by atoms with Crippen LogP contribution in [-0.4, -0.2) is 23.9 Å². The van der Waals surface area contributed by atoms with Crippen LogP contribution in [-0.2, 0) is 4.74 Å². The number of nitrogens with zero attached hydrogens (tertiary/aromatic N) is 1. The molecule has 2 atom stereocenters. The molecule has 0 aromatic heterocycles. The number of ether oxygens (including phenoxy) is 1. The smallest absolute Gasteiger partial charge is 0.154 e. The second kappa shape index (κ2) is 3.88. The molecule has 0 amide bonds. The Morgan fingerprint density at radius 2 is 2.50 bits per heavy atom. The Balaban J connectivity index is 2.48. The number of nitriles is 1. The summed E-state index contributed by atoms with van der Waals surface area (Å²) in [5.41, 5.74) is -0.595. The van der Waals surface area contributed by atoms with Gasteiger partial charge in [0.25, 0.3) is 0 Å². The van der Waals surface area contributed by atoms with Crippen molar-refractivity contribution in [3.63, 3.8) is 0 Å². The molecule has 3 nitrogen and oxygen atoms in total. The van der Waals surface area contributed by atoms with Crippen molar-refractivity contribution in [2.45, 2.75) is 31.8 Å². The number of aliphatic hydroxyl groups is 1. The molecular weight excluding hydrogens is 154 g/mol. The Morgan fingerprint density at radius 3 is 2.92 bits per heavy atom. The first kappa shape index (κ1) is 9.50. The largest absolute Gasteiger partial charge is 0.394 e. The summed E-state index contributed by atoms with van der Waals surface area (Å²) in [6, 6.07) is 2.21. The third kappa shape index (κ3) is 1.96. The summed E-state index contributed by atoms with van der Waals surface area (Å²) in [6.07, 6.45) is 2.67. The Kier molecular flexibility index (Phi) is 3.07. The zero-order chi connectivity index (χ0) is 9.03. The first-order valence-electron chi connectivity index (χ1n) is 4.38. The zero-order valence-corrected chi connectivity index (χ0v) is 7.42. The van der Waals surface area contributed by atoms with E-state index in [-0.39, 0.29) is 13.2 Å². The van der Waals surface area contributed by atoms with E-state index in [0.29, 0.717) is 5.92 Å². The number of rotatable bonds is 3. The summed E-state index contributed by atoms with van der Waals surface area (Å²) < 4.78 is 5.35. The maximum absolute atomic E-state index is 8.90. The van der Waals surface area contributed by atoms with Crippen LogP contribution in [0.2, 0.25) is 0 Å². The van der Waals surface area contributed by atoms with Crippen LogP contribution in [0.25, 0.3) is 0 Å². The van der Waals surface area contributed by atoms with Gasteiger partial charge in [-0.3, -0.25) is 0 Å². The molecule has 1 aliphatic carbocycles. The van der Waals surface area contributed by atoms with E-state index in [9.17, 15) is 0 Å². The molecule has 2 unspecified atom stereocenters. The lowest BCUT2D eigenvalue weighted by Crippen LogP contribution is -2.28. The predicted octanol–water partition coefficient (Wildman–Crippen LogP) is 1.08. The van der Waals surface area contributed by atoms with Gasteiger partial charge in [0.2, 0.25) is 0 Å². The minimum atomic E-state index is -0.595. The fourth-order valence-electron chi connectivity index (χ4n) is 1.75. The normalized spacial score (nSPS) is 34.9. The second-order valence-electron chi connectivity index (χ2n) is 3.53. The fraction of sp³-hybridized carbons (Fsp3) is 0.889. The van der Waals surface area contributed by atoms with E-state index < -0.39 is 5.60 Å². The highest BCUT2D eigenvalue weighted by molar-refractivity contribution is 5.06. The molecule has 68 valence electrons. The van der Waals surface area contributed by atoms with Crippen LogP contribution in [0.15, 0.2) is 0 Å². The molecule has 1 saturated carbocycles. The van der Waals surface area contributed by atoms with Gasteiger partial charge in [-0.1, -0.05) is 6.92 Å². The van der Waals surface area contributed by atoms with Gasteiger partial charge in [0.15, 0.2) is 5.60 Å². The number of aliphatic hydroxyl groups excluding tert-OH is 1. The van der Waals surface area contributed by atoms with E-state index in [1.165, 1.54) is 0 Å². The molecule has 0 aromatic rings. The summed E-state index contributed by atoms with van der Waals surface area (Å²) in [4.78, 5) is 0. The highest BCUT2D eigenvalue weighted by Gasteiger charge is 2.38. The maximum atomic E-state index is 8.90. The van der Waals surface area contributed by atoms with Gasteiger partial charge in [-0.25, -0.2) is 0 Å². The molecular formula is C9H15NO2. The van der Waals surface area contributed by atoms with E-state index in [4.69, 9.17) is 15.1 Å². The number of hydrogen-bond acceptors (Lipinski definition) is 3. The van der Waals surface area contributed by atoms with Crippen LogP contribution in [0.4, 0.5) is 0 Å². The second-order valence-corrected chi connectivity index (χ2v) is 3.53.